The number of unbranched alkanes of at least 4 members (excludes halogenated alkanes) is 2. The number of hydrogen-bond donors (Lipinski definition) is 2. The van der Waals surface area contributed by atoms with Crippen molar-refractivity contribution in [3.05, 3.63) is 23.8 Å². The summed E-state index contributed by atoms with van der Waals surface area (Å²) in [6.45, 7) is 5.38. The Hall–Kier alpha value is -1.58. The van der Waals surface area contributed by atoms with E-state index < -0.39 is 11.9 Å². The van der Waals surface area contributed by atoms with Crippen molar-refractivity contribution in [1.82, 2.24) is 0 Å². The average molecular weight is 226 g/mol. The van der Waals surface area contributed by atoms with Crippen molar-refractivity contribution in [3.63, 3.8) is 0 Å². The summed E-state index contributed by atoms with van der Waals surface area (Å²) in [7, 11) is 0. The number of rotatable bonds is 8. The van der Waals surface area contributed by atoms with Gasteiger partial charge in [-0.15, -0.1) is 0 Å². The van der Waals surface area contributed by atoms with Gasteiger partial charge in [-0.25, -0.2) is 9.59 Å². The summed E-state index contributed by atoms with van der Waals surface area (Å²) in [5.74, 6) is -2.07. The van der Waals surface area contributed by atoms with E-state index in [4.69, 9.17) is 10.2 Å². The van der Waals surface area contributed by atoms with Gasteiger partial charge in [0.1, 0.15) is 0 Å². The highest BCUT2D eigenvalue weighted by atomic mass is 16.4. The average Bonchev–Trinajstić information content (AvgIpc) is 2.21. The summed E-state index contributed by atoms with van der Waals surface area (Å²) in [5.41, 5.74) is 0.282. The minimum Gasteiger partial charge on any atom is -0.478 e. The monoisotopic (exact) mass is 226 g/mol. The molecule has 0 heterocycles. The van der Waals surface area contributed by atoms with Crippen LogP contribution in [-0.2, 0) is 9.59 Å². The van der Waals surface area contributed by atoms with E-state index in [2.05, 4.69) is 6.58 Å². The molecule has 0 rings (SSSR count). The second-order valence-corrected chi connectivity index (χ2v) is 3.60. The molecule has 0 radical (unpaired) electrons. The summed E-state index contributed by atoms with van der Waals surface area (Å²) in [5, 5.41) is 17.5. The van der Waals surface area contributed by atoms with Crippen molar-refractivity contribution in [1.29, 1.82) is 0 Å². The standard InChI is InChI=1S/C12H18O4/c1-3-4-5-6-10(12(15)16)8-7-9(2)11(13)14/h8H,2-7H2,1H3,(H,13,14)(H,15,16). The van der Waals surface area contributed by atoms with E-state index in [9.17, 15) is 9.59 Å². The fourth-order valence-electron chi connectivity index (χ4n) is 1.20. The summed E-state index contributed by atoms with van der Waals surface area (Å²) in [6, 6.07) is 0. The van der Waals surface area contributed by atoms with Crippen LogP contribution in [0.3, 0.4) is 0 Å². The Morgan fingerprint density at radius 1 is 1.19 bits per heavy atom. The predicted octanol–water partition coefficient (Wildman–Crippen LogP) is 2.61. The molecule has 0 unspecified atom stereocenters. The van der Waals surface area contributed by atoms with Crippen LogP contribution in [0.25, 0.3) is 0 Å². The molecule has 0 saturated heterocycles. The first-order valence-electron chi connectivity index (χ1n) is 5.32. The molecule has 0 fully saturated rings. The molecule has 0 spiro atoms. The maximum Gasteiger partial charge on any atom is 0.331 e. The maximum absolute atomic E-state index is 10.8. The minimum atomic E-state index is -1.09. The maximum atomic E-state index is 10.8. The van der Waals surface area contributed by atoms with E-state index in [-0.39, 0.29) is 17.6 Å². The number of carboxylic acid groups (broad SMARTS) is 2. The van der Waals surface area contributed by atoms with E-state index in [1.54, 1.807) is 0 Å². The van der Waals surface area contributed by atoms with Gasteiger partial charge in [0, 0.05) is 11.1 Å². The number of carboxylic acids is 2. The van der Waals surface area contributed by atoms with Crippen LogP contribution in [0, 0.1) is 0 Å². The molecule has 0 bridgehead atoms. The zero-order valence-electron chi connectivity index (χ0n) is 9.53. The third-order valence-corrected chi connectivity index (χ3v) is 2.22. The summed E-state index contributed by atoms with van der Waals surface area (Å²) in [4.78, 5) is 21.3. The zero-order valence-corrected chi connectivity index (χ0v) is 9.53. The third-order valence-electron chi connectivity index (χ3n) is 2.22. The normalized spacial score (nSPS) is 11.2. The number of allylic oxidation sites excluding steroid dienone is 1. The van der Waals surface area contributed by atoms with Gasteiger partial charge in [-0.05, 0) is 19.3 Å². The summed E-state index contributed by atoms with van der Waals surface area (Å²) < 4.78 is 0. The second-order valence-electron chi connectivity index (χ2n) is 3.60. The van der Waals surface area contributed by atoms with E-state index in [1.807, 2.05) is 6.92 Å². The molecule has 90 valence electrons. The third kappa shape index (κ3) is 6.01. The van der Waals surface area contributed by atoms with Gasteiger partial charge in [-0.3, -0.25) is 0 Å². The van der Waals surface area contributed by atoms with Gasteiger partial charge >= 0.3 is 11.9 Å². The van der Waals surface area contributed by atoms with Crippen molar-refractivity contribution in [2.45, 2.75) is 39.0 Å². The lowest BCUT2D eigenvalue weighted by atomic mass is 10.0. The molecule has 0 amide bonds. The van der Waals surface area contributed by atoms with Crippen LogP contribution in [-0.4, -0.2) is 22.2 Å². The second kappa shape index (κ2) is 7.68. The van der Waals surface area contributed by atoms with Crippen LogP contribution in [0.1, 0.15) is 39.0 Å². The van der Waals surface area contributed by atoms with Crippen LogP contribution in [0.2, 0.25) is 0 Å². The smallest absolute Gasteiger partial charge is 0.331 e. The van der Waals surface area contributed by atoms with E-state index >= 15 is 0 Å². The molecule has 0 saturated carbocycles. The van der Waals surface area contributed by atoms with Crippen LogP contribution in [0.4, 0.5) is 0 Å². The largest absolute Gasteiger partial charge is 0.478 e. The van der Waals surface area contributed by atoms with Gasteiger partial charge in [-0.1, -0.05) is 32.4 Å². The van der Waals surface area contributed by atoms with Gasteiger partial charge in [0.25, 0.3) is 0 Å². The molecular weight excluding hydrogens is 208 g/mol. The van der Waals surface area contributed by atoms with Crippen LogP contribution < -0.4 is 0 Å². The Labute approximate surface area is 95.3 Å². The van der Waals surface area contributed by atoms with Gasteiger partial charge in [0.15, 0.2) is 0 Å². The summed E-state index contributed by atoms with van der Waals surface area (Å²) in [6.07, 6.45) is 4.82. The molecule has 0 aromatic carbocycles. The van der Waals surface area contributed by atoms with Crippen molar-refractivity contribution >= 4 is 11.9 Å². The molecule has 0 aromatic heterocycles. The molecule has 4 heteroatoms. The Morgan fingerprint density at radius 2 is 1.81 bits per heavy atom. The van der Waals surface area contributed by atoms with Crippen molar-refractivity contribution in [2.75, 3.05) is 0 Å². The fourth-order valence-corrected chi connectivity index (χ4v) is 1.20. The highest BCUT2D eigenvalue weighted by molar-refractivity contribution is 5.88. The van der Waals surface area contributed by atoms with E-state index in [1.165, 1.54) is 6.08 Å². The lowest BCUT2D eigenvalue weighted by molar-refractivity contribution is -0.134. The first-order chi connectivity index (χ1) is 7.49. The molecule has 0 atom stereocenters. The fraction of sp³-hybridized carbons (Fsp3) is 0.500. The molecule has 16 heavy (non-hydrogen) atoms. The molecular formula is C12H18O4. The predicted molar refractivity (Wildman–Crippen MR) is 61.3 cm³/mol. The minimum absolute atomic E-state index is 0.00856. The molecule has 0 aromatic rings. The van der Waals surface area contributed by atoms with Gasteiger partial charge in [0.2, 0.25) is 0 Å². The lowest BCUT2D eigenvalue weighted by Gasteiger charge is -2.02. The van der Waals surface area contributed by atoms with Crippen LogP contribution in [0.15, 0.2) is 23.8 Å². The Balaban J connectivity index is 4.30. The molecule has 0 aliphatic rings. The zero-order chi connectivity index (χ0) is 12.6. The Kier molecular flexibility index (Phi) is 6.92. The van der Waals surface area contributed by atoms with Crippen LogP contribution in [0.5, 0.6) is 0 Å². The van der Waals surface area contributed by atoms with Crippen molar-refractivity contribution in [2.24, 2.45) is 0 Å². The number of carbonyl (C=O) groups is 2. The van der Waals surface area contributed by atoms with Crippen LogP contribution >= 0.6 is 0 Å². The van der Waals surface area contributed by atoms with Gasteiger partial charge < -0.3 is 10.2 Å². The highest BCUT2D eigenvalue weighted by Gasteiger charge is 2.08. The molecule has 2 N–H and O–H groups in total. The topological polar surface area (TPSA) is 74.6 Å². The first kappa shape index (κ1) is 14.4. The number of aliphatic carboxylic acids is 2. The molecule has 4 nitrogen and oxygen atoms in total. The molecule has 0 aliphatic heterocycles. The van der Waals surface area contributed by atoms with E-state index in [0.717, 1.165) is 19.3 Å². The quantitative estimate of drug-likeness (QED) is 0.492. The van der Waals surface area contributed by atoms with Crippen molar-refractivity contribution < 1.29 is 19.8 Å². The van der Waals surface area contributed by atoms with Gasteiger partial charge in [-0.2, -0.15) is 0 Å². The van der Waals surface area contributed by atoms with E-state index in [0.29, 0.717) is 6.42 Å². The molecule has 0 aliphatic carbocycles. The number of hydrogen-bond acceptors (Lipinski definition) is 2. The highest BCUT2D eigenvalue weighted by Crippen LogP contribution is 2.12. The lowest BCUT2D eigenvalue weighted by Crippen LogP contribution is -2.03. The summed E-state index contributed by atoms with van der Waals surface area (Å²) >= 11 is 0. The Bertz CT molecular complexity index is 302. The SMILES string of the molecule is C=C(CC=C(CCCCC)C(=O)O)C(=O)O. The van der Waals surface area contributed by atoms with Crippen molar-refractivity contribution in [3.8, 4) is 0 Å². The Morgan fingerprint density at radius 3 is 2.25 bits per heavy atom. The first-order valence-corrected chi connectivity index (χ1v) is 5.32. The van der Waals surface area contributed by atoms with Gasteiger partial charge in [0.05, 0.1) is 0 Å².